The van der Waals surface area contributed by atoms with Gasteiger partial charge in [-0.15, -0.1) is 0 Å². The minimum atomic E-state index is -3.27. The lowest BCUT2D eigenvalue weighted by Gasteiger charge is -2.19. The molecule has 0 aliphatic carbocycles. The highest BCUT2D eigenvalue weighted by atomic mass is 32.2. The van der Waals surface area contributed by atoms with Crippen LogP contribution in [0, 0.1) is 0 Å². The molecule has 7 nitrogen and oxygen atoms in total. The first-order valence-electron chi connectivity index (χ1n) is 10.6. The van der Waals surface area contributed by atoms with Crippen LogP contribution in [-0.2, 0) is 16.4 Å². The average molecular weight is 446 g/mol. The predicted molar refractivity (Wildman–Crippen MR) is 128 cm³/mol. The van der Waals surface area contributed by atoms with Crippen LogP contribution < -0.4 is 9.62 Å². The lowest BCUT2D eigenvalue weighted by Crippen LogP contribution is -2.31. The van der Waals surface area contributed by atoms with Gasteiger partial charge in [0.05, 0.1) is 22.7 Å². The number of anilines is 3. The maximum absolute atomic E-state index is 12.6. The Labute approximate surface area is 187 Å². The zero-order valence-corrected chi connectivity index (χ0v) is 18.5. The molecule has 0 spiro atoms. The summed E-state index contributed by atoms with van der Waals surface area (Å²) in [6.45, 7) is 2.37. The normalized spacial score (nSPS) is 13.3. The van der Waals surface area contributed by atoms with E-state index in [-0.39, 0.29) is 5.75 Å². The first-order valence-corrected chi connectivity index (χ1v) is 12.2. The van der Waals surface area contributed by atoms with E-state index >= 15 is 0 Å². The van der Waals surface area contributed by atoms with Crippen molar-refractivity contribution < 1.29 is 8.42 Å². The lowest BCUT2D eigenvalue weighted by atomic mass is 10.1. The van der Waals surface area contributed by atoms with Crippen LogP contribution in [0.3, 0.4) is 0 Å². The number of nitrogens with zero attached hydrogens (tertiary/aromatic N) is 4. The topological polar surface area (TPSA) is 88.1 Å². The van der Waals surface area contributed by atoms with Crippen molar-refractivity contribution in [3.05, 3.63) is 72.7 Å². The molecule has 5 rings (SSSR count). The molecule has 162 valence electrons. The fourth-order valence-electron chi connectivity index (χ4n) is 4.08. The predicted octanol–water partition coefficient (Wildman–Crippen LogP) is 4.54. The SMILES string of the molecule is CCCS(=O)(=O)N1CCc2cc(Nc3nc(-c4ccncc4)cc4ncccc34)ccc21. The summed E-state index contributed by atoms with van der Waals surface area (Å²) in [4.78, 5) is 13.5. The second-order valence-electron chi connectivity index (χ2n) is 7.77. The van der Waals surface area contributed by atoms with Gasteiger partial charge < -0.3 is 5.32 Å². The minimum absolute atomic E-state index is 0.164. The van der Waals surface area contributed by atoms with E-state index in [2.05, 4.69) is 15.3 Å². The smallest absolute Gasteiger partial charge is 0.235 e. The summed E-state index contributed by atoms with van der Waals surface area (Å²) in [5, 5.41) is 4.35. The summed E-state index contributed by atoms with van der Waals surface area (Å²) in [6.07, 6.45) is 6.55. The molecule has 0 amide bonds. The van der Waals surface area contributed by atoms with E-state index in [1.165, 1.54) is 4.31 Å². The molecule has 1 aliphatic rings. The zero-order valence-electron chi connectivity index (χ0n) is 17.7. The Hall–Kier alpha value is -3.52. The van der Waals surface area contributed by atoms with E-state index in [1.807, 2.05) is 55.5 Å². The quantitative estimate of drug-likeness (QED) is 0.469. The van der Waals surface area contributed by atoms with Gasteiger partial charge in [-0.05, 0) is 66.9 Å². The van der Waals surface area contributed by atoms with Gasteiger partial charge in [0.15, 0.2) is 0 Å². The Kier molecular flexibility index (Phi) is 5.22. The van der Waals surface area contributed by atoms with E-state index in [9.17, 15) is 8.42 Å². The van der Waals surface area contributed by atoms with Crippen molar-refractivity contribution >= 4 is 38.1 Å². The maximum Gasteiger partial charge on any atom is 0.235 e. The molecule has 0 fully saturated rings. The third-order valence-corrected chi connectivity index (χ3v) is 7.54. The number of aromatic nitrogens is 3. The number of pyridine rings is 3. The molecule has 0 saturated heterocycles. The van der Waals surface area contributed by atoms with Crippen LogP contribution in [0.25, 0.3) is 22.2 Å². The standard InChI is InChI=1S/C24H23N5O2S/c1-2-14-32(30,31)29-13-9-18-15-19(5-6-23(18)29)27-24-20-4-3-10-26-22(20)16-21(28-24)17-7-11-25-12-8-17/h3-8,10-12,15-16H,2,9,13-14H2,1H3,(H,27,28). The number of nitrogens with one attached hydrogen (secondary N) is 1. The highest BCUT2D eigenvalue weighted by molar-refractivity contribution is 7.92. The molecule has 32 heavy (non-hydrogen) atoms. The van der Waals surface area contributed by atoms with Crippen molar-refractivity contribution in [2.24, 2.45) is 0 Å². The van der Waals surface area contributed by atoms with Gasteiger partial charge in [0.1, 0.15) is 5.82 Å². The molecule has 3 aromatic heterocycles. The van der Waals surface area contributed by atoms with Crippen LogP contribution in [0.1, 0.15) is 18.9 Å². The van der Waals surface area contributed by atoms with Crippen molar-refractivity contribution in [2.45, 2.75) is 19.8 Å². The van der Waals surface area contributed by atoms with E-state index in [1.54, 1.807) is 18.6 Å². The highest BCUT2D eigenvalue weighted by Gasteiger charge is 2.28. The number of rotatable bonds is 6. The largest absolute Gasteiger partial charge is 0.340 e. The number of sulfonamides is 1. The molecule has 1 N–H and O–H groups in total. The molecule has 4 aromatic rings. The van der Waals surface area contributed by atoms with Crippen LogP contribution >= 0.6 is 0 Å². The molecule has 0 radical (unpaired) electrons. The number of fused-ring (bicyclic) bond motifs is 2. The number of benzene rings is 1. The monoisotopic (exact) mass is 445 g/mol. The van der Waals surface area contributed by atoms with Crippen LogP contribution in [0.5, 0.6) is 0 Å². The van der Waals surface area contributed by atoms with Crippen molar-refractivity contribution in [2.75, 3.05) is 21.9 Å². The van der Waals surface area contributed by atoms with Gasteiger partial charge in [-0.2, -0.15) is 0 Å². The van der Waals surface area contributed by atoms with Crippen LogP contribution in [0.4, 0.5) is 17.2 Å². The molecular weight excluding hydrogens is 422 g/mol. The van der Waals surface area contributed by atoms with Gasteiger partial charge in [0.2, 0.25) is 10.0 Å². The summed E-state index contributed by atoms with van der Waals surface area (Å²) < 4.78 is 26.7. The van der Waals surface area contributed by atoms with Gasteiger partial charge in [-0.25, -0.2) is 13.4 Å². The van der Waals surface area contributed by atoms with E-state index in [4.69, 9.17) is 4.98 Å². The van der Waals surface area contributed by atoms with Gasteiger partial charge in [0.25, 0.3) is 0 Å². The highest BCUT2D eigenvalue weighted by Crippen LogP contribution is 2.35. The second-order valence-corrected chi connectivity index (χ2v) is 9.78. The summed E-state index contributed by atoms with van der Waals surface area (Å²) in [5.41, 5.74) is 5.26. The fourth-order valence-corrected chi connectivity index (χ4v) is 5.67. The molecule has 0 atom stereocenters. The van der Waals surface area contributed by atoms with Crippen molar-refractivity contribution in [1.82, 2.24) is 15.0 Å². The van der Waals surface area contributed by atoms with Gasteiger partial charge in [0, 0.05) is 41.8 Å². The van der Waals surface area contributed by atoms with Crippen LogP contribution in [0.15, 0.2) is 67.1 Å². The second kappa shape index (κ2) is 8.20. The molecule has 0 unspecified atom stereocenters. The third-order valence-electron chi connectivity index (χ3n) is 5.57. The number of hydrogen-bond donors (Lipinski definition) is 1. The van der Waals surface area contributed by atoms with Crippen molar-refractivity contribution in [3.8, 4) is 11.3 Å². The van der Waals surface area contributed by atoms with Gasteiger partial charge in [-0.3, -0.25) is 14.3 Å². The Bertz CT molecular complexity index is 1390. The Morgan fingerprint density at radius 2 is 1.91 bits per heavy atom. The third kappa shape index (κ3) is 3.78. The average Bonchev–Trinajstić information content (AvgIpc) is 3.24. The fraction of sp³-hybridized carbons (Fsp3) is 0.208. The van der Waals surface area contributed by atoms with E-state index < -0.39 is 10.0 Å². The molecule has 4 heterocycles. The van der Waals surface area contributed by atoms with Crippen molar-refractivity contribution in [1.29, 1.82) is 0 Å². The Balaban J connectivity index is 1.52. The molecule has 1 aromatic carbocycles. The van der Waals surface area contributed by atoms with E-state index in [0.717, 1.165) is 39.1 Å². The summed E-state index contributed by atoms with van der Waals surface area (Å²) in [5.74, 6) is 0.868. The zero-order chi connectivity index (χ0) is 22.1. The summed E-state index contributed by atoms with van der Waals surface area (Å²) in [7, 11) is -3.27. The van der Waals surface area contributed by atoms with Gasteiger partial charge in [-0.1, -0.05) is 6.92 Å². The van der Waals surface area contributed by atoms with Gasteiger partial charge >= 0.3 is 0 Å². The Morgan fingerprint density at radius 3 is 2.72 bits per heavy atom. The number of hydrogen-bond acceptors (Lipinski definition) is 6. The molecular formula is C24H23N5O2S. The maximum atomic E-state index is 12.6. The first-order chi connectivity index (χ1) is 15.5. The van der Waals surface area contributed by atoms with Crippen LogP contribution in [-0.4, -0.2) is 35.7 Å². The lowest BCUT2D eigenvalue weighted by molar-refractivity contribution is 0.591. The van der Waals surface area contributed by atoms with Crippen molar-refractivity contribution in [3.63, 3.8) is 0 Å². The summed E-state index contributed by atoms with van der Waals surface area (Å²) >= 11 is 0. The molecule has 0 saturated carbocycles. The van der Waals surface area contributed by atoms with E-state index in [0.29, 0.717) is 25.2 Å². The molecule has 8 heteroatoms. The molecule has 1 aliphatic heterocycles. The first kappa shape index (κ1) is 20.4. The summed E-state index contributed by atoms with van der Waals surface area (Å²) in [6, 6.07) is 15.5. The Morgan fingerprint density at radius 1 is 1.06 bits per heavy atom. The van der Waals surface area contributed by atoms with Crippen LogP contribution in [0.2, 0.25) is 0 Å². The minimum Gasteiger partial charge on any atom is -0.340 e. The molecule has 0 bridgehead atoms.